The Morgan fingerprint density at radius 2 is 1.86 bits per heavy atom. The molecule has 1 aromatic heterocycles. The Hall–Kier alpha value is -1.89. The second-order valence-corrected chi connectivity index (χ2v) is 6.76. The Kier molecular flexibility index (Phi) is 6.55. The number of hydrogen-bond acceptors (Lipinski definition) is 4. The summed E-state index contributed by atoms with van der Waals surface area (Å²) in [5.41, 5.74) is 1.22. The zero-order chi connectivity index (χ0) is 16.9. The first-order valence-corrected chi connectivity index (χ1v) is 7.93. The minimum Gasteiger partial charge on any atom is -0.481 e. The lowest BCUT2D eigenvalue weighted by Crippen LogP contribution is -2.27. The van der Waals surface area contributed by atoms with E-state index >= 15 is 0 Å². The Morgan fingerprint density at radius 1 is 1.23 bits per heavy atom. The number of rotatable bonds is 7. The summed E-state index contributed by atoms with van der Waals surface area (Å²) >= 11 is 1.36. The van der Waals surface area contributed by atoms with E-state index in [1.165, 1.54) is 11.3 Å². The molecule has 0 aliphatic heterocycles. The first-order valence-electron chi connectivity index (χ1n) is 7.12. The monoisotopic (exact) mass is 326 g/mol. The van der Waals surface area contributed by atoms with E-state index in [0.29, 0.717) is 17.0 Å². The van der Waals surface area contributed by atoms with Crippen LogP contribution < -0.4 is 10.6 Å². The maximum atomic E-state index is 12.2. The van der Waals surface area contributed by atoms with Gasteiger partial charge < -0.3 is 15.7 Å². The highest BCUT2D eigenvalue weighted by Crippen LogP contribution is 2.32. The van der Waals surface area contributed by atoms with Gasteiger partial charge in [-0.2, -0.15) is 0 Å². The van der Waals surface area contributed by atoms with Gasteiger partial charge in [0.05, 0.1) is 12.0 Å². The molecule has 0 saturated heterocycles. The lowest BCUT2D eigenvalue weighted by molar-refractivity contribution is -0.136. The maximum absolute atomic E-state index is 12.2. The molecule has 1 aromatic rings. The largest absolute Gasteiger partial charge is 0.481 e. The Balaban J connectivity index is 2.86. The van der Waals surface area contributed by atoms with Gasteiger partial charge in [-0.05, 0) is 25.3 Å². The van der Waals surface area contributed by atoms with Crippen molar-refractivity contribution in [1.29, 1.82) is 0 Å². The lowest BCUT2D eigenvalue weighted by atomic mass is 10.1. The van der Waals surface area contributed by atoms with Crippen LogP contribution in [-0.2, 0) is 9.59 Å². The maximum Gasteiger partial charge on any atom is 0.305 e. The molecule has 0 spiro atoms. The average Bonchev–Trinajstić information content (AvgIpc) is 2.62. The van der Waals surface area contributed by atoms with Crippen LogP contribution in [0.3, 0.4) is 0 Å². The number of carbonyl (C=O) groups is 3. The summed E-state index contributed by atoms with van der Waals surface area (Å²) in [6.45, 7) is 7.65. The second kappa shape index (κ2) is 7.93. The van der Waals surface area contributed by atoms with E-state index < -0.39 is 5.97 Å². The van der Waals surface area contributed by atoms with Crippen LogP contribution in [0.5, 0.6) is 0 Å². The Bertz CT molecular complexity index is 578. The quantitative estimate of drug-likeness (QED) is 0.717. The smallest absolute Gasteiger partial charge is 0.305 e. The summed E-state index contributed by atoms with van der Waals surface area (Å²) in [5, 5.41) is 14.5. The van der Waals surface area contributed by atoms with E-state index in [2.05, 4.69) is 10.6 Å². The van der Waals surface area contributed by atoms with Crippen molar-refractivity contribution in [2.24, 2.45) is 5.92 Å². The number of amides is 2. The van der Waals surface area contributed by atoms with Crippen LogP contribution in [0.1, 0.15) is 47.5 Å². The summed E-state index contributed by atoms with van der Waals surface area (Å²) in [6.07, 6.45) is 0.249. The van der Waals surface area contributed by atoms with Crippen molar-refractivity contribution in [3.05, 3.63) is 16.0 Å². The van der Waals surface area contributed by atoms with Gasteiger partial charge in [0, 0.05) is 17.8 Å². The van der Waals surface area contributed by atoms with Crippen molar-refractivity contribution >= 4 is 34.1 Å². The van der Waals surface area contributed by atoms with Gasteiger partial charge in [0.15, 0.2) is 0 Å². The molecule has 0 radical (unpaired) electrons. The van der Waals surface area contributed by atoms with Crippen molar-refractivity contribution in [2.45, 2.75) is 40.5 Å². The molecule has 6 nitrogen and oxygen atoms in total. The van der Waals surface area contributed by atoms with Gasteiger partial charge in [-0.1, -0.05) is 13.8 Å². The van der Waals surface area contributed by atoms with Crippen molar-refractivity contribution in [2.75, 3.05) is 11.9 Å². The third-order valence-electron chi connectivity index (χ3n) is 3.08. The van der Waals surface area contributed by atoms with Gasteiger partial charge in [-0.3, -0.25) is 14.4 Å². The van der Waals surface area contributed by atoms with Crippen LogP contribution >= 0.6 is 11.3 Å². The van der Waals surface area contributed by atoms with Crippen molar-refractivity contribution in [3.8, 4) is 0 Å². The summed E-state index contributed by atoms with van der Waals surface area (Å²) in [7, 11) is 0. The van der Waals surface area contributed by atoms with Gasteiger partial charge in [0.25, 0.3) is 5.91 Å². The molecule has 0 aliphatic carbocycles. The predicted octanol–water partition coefficient (Wildman–Crippen LogP) is 2.55. The van der Waals surface area contributed by atoms with Crippen molar-refractivity contribution in [1.82, 2.24) is 5.32 Å². The number of thiophene rings is 1. The van der Waals surface area contributed by atoms with Gasteiger partial charge in [0.1, 0.15) is 5.00 Å². The molecule has 2 amide bonds. The molecule has 0 fully saturated rings. The summed E-state index contributed by atoms with van der Waals surface area (Å²) < 4.78 is 0. The minimum absolute atomic E-state index is 0.0574. The number of nitrogens with one attached hydrogen (secondary N) is 2. The third-order valence-corrected chi connectivity index (χ3v) is 4.21. The van der Waals surface area contributed by atoms with Gasteiger partial charge >= 0.3 is 5.97 Å². The second-order valence-electron chi connectivity index (χ2n) is 5.53. The topological polar surface area (TPSA) is 95.5 Å². The zero-order valence-electron chi connectivity index (χ0n) is 13.3. The van der Waals surface area contributed by atoms with E-state index in [4.69, 9.17) is 5.11 Å². The fourth-order valence-electron chi connectivity index (χ4n) is 1.91. The van der Waals surface area contributed by atoms with Crippen molar-refractivity contribution < 1.29 is 19.5 Å². The number of carboxylic acids is 1. The minimum atomic E-state index is -0.969. The number of carboxylic acid groups (broad SMARTS) is 1. The van der Waals surface area contributed by atoms with Crippen LogP contribution in [0.25, 0.3) is 0 Å². The van der Waals surface area contributed by atoms with E-state index in [9.17, 15) is 14.4 Å². The highest BCUT2D eigenvalue weighted by atomic mass is 32.1. The SMILES string of the molecule is Cc1sc(NC(=O)CC(C)C)c(C(=O)NCCC(=O)O)c1C. The standard InChI is InChI=1S/C15H22N2O4S/c1-8(2)7-11(18)17-15-13(9(3)10(4)22-15)14(21)16-6-5-12(19)20/h8H,5-7H2,1-4H3,(H,16,21)(H,17,18)(H,19,20). The molecule has 22 heavy (non-hydrogen) atoms. The van der Waals surface area contributed by atoms with Crippen LogP contribution in [0, 0.1) is 19.8 Å². The zero-order valence-corrected chi connectivity index (χ0v) is 14.1. The van der Waals surface area contributed by atoms with Crippen LogP contribution in [0.4, 0.5) is 5.00 Å². The van der Waals surface area contributed by atoms with Crippen LogP contribution in [0.15, 0.2) is 0 Å². The molecule has 1 rings (SSSR count). The number of anilines is 1. The summed E-state index contributed by atoms with van der Waals surface area (Å²) in [6, 6.07) is 0. The molecular formula is C15H22N2O4S. The van der Waals surface area contributed by atoms with Gasteiger partial charge in [-0.15, -0.1) is 11.3 Å². The lowest BCUT2D eigenvalue weighted by Gasteiger charge is -2.09. The third kappa shape index (κ3) is 5.14. The first kappa shape index (κ1) is 18.2. The Morgan fingerprint density at radius 3 is 2.41 bits per heavy atom. The number of hydrogen-bond donors (Lipinski definition) is 3. The van der Waals surface area contributed by atoms with Crippen LogP contribution in [0.2, 0.25) is 0 Å². The number of aryl methyl sites for hydroxylation is 1. The fraction of sp³-hybridized carbons (Fsp3) is 0.533. The van der Waals surface area contributed by atoms with E-state index in [-0.39, 0.29) is 30.7 Å². The first-order chi connectivity index (χ1) is 10.2. The molecule has 7 heteroatoms. The molecule has 1 heterocycles. The van der Waals surface area contributed by atoms with Gasteiger partial charge in [-0.25, -0.2) is 0 Å². The van der Waals surface area contributed by atoms with Gasteiger partial charge in [0.2, 0.25) is 5.91 Å². The molecule has 3 N–H and O–H groups in total. The molecule has 0 bridgehead atoms. The predicted molar refractivity (Wildman–Crippen MR) is 86.5 cm³/mol. The molecule has 0 aromatic carbocycles. The van der Waals surface area contributed by atoms with Crippen LogP contribution in [-0.4, -0.2) is 29.4 Å². The average molecular weight is 326 g/mol. The molecule has 0 atom stereocenters. The van der Waals surface area contributed by atoms with E-state index in [0.717, 1.165) is 10.4 Å². The summed E-state index contributed by atoms with van der Waals surface area (Å²) in [5.74, 6) is -1.22. The van der Waals surface area contributed by atoms with E-state index in [1.807, 2.05) is 27.7 Å². The summed E-state index contributed by atoms with van der Waals surface area (Å²) in [4.78, 5) is 35.6. The number of carbonyl (C=O) groups excluding carboxylic acids is 2. The fourth-order valence-corrected chi connectivity index (χ4v) is 2.98. The molecule has 122 valence electrons. The Labute approximate surface area is 133 Å². The molecular weight excluding hydrogens is 304 g/mol. The number of aliphatic carboxylic acids is 1. The van der Waals surface area contributed by atoms with Crippen molar-refractivity contribution in [3.63, 3.8) is 0 Å². The highest BCUT2D eigenvalue weighted by Gasteiger charge is 2.21. The highest BCUT2D eigenvalue weighted by molar-refractivity contribution is 7.16. The molecule has 0 unspecified atom stereocenters. The molecule has 0 aliphatic rings. The normalized spacial score (nSPS) is 10.6. The van der Waals surface area contributed by atoms with E-state index in [1.54, 1.807) is 0 Å². The molecule has 0 saturated carbocycles.